The first-order valence-electron chi connectivity index (χ1n) is 6.66. The predicted octanol–water partition coefficient (Wildman–Crippen LogP) is 1.56. The molecule has 0 aromatic heterocycles. The number of fused-ring (bicyclic) bond motifs is 1. The summed E-state index contributed by atoms with van der Waals surface area (Å²) in [5.74, 6) is 1.42. The van der Waals surface area contributed by atoms with Crippen LogP contribution >= 0.6 is 0 Å². The van der Waals surface area contributed by atoms with Crippen LogP contribution in [0.2, 0.25) is 0 Å². The van der Waals surface area contributed by atoms with E-state index in [2.05, 4.69) is 4.90 Å². The summed E-state index contributed by atoms with van der Waals surface area (Å²) in [6, 6.07) is 0.414. The van der Waals surface area contributed by atoms with Gasteiger partial charge in [-0.3, -0.25) is 0 Å². The van der Waals surface area contributed by atoms with Crippen molar-refractivity contribution < 1.29 is 9.53 Å². The Kier molecular flexibility index (Phi) is 2.41. The molecule has 4 nitrogen and oxygen atoms in total. The van der Waals surface area contributed by atoms with Gasteiger partial charge in [0.1, 0.15) is 5.60 Å². The van der Waals surface area contributed by atoms with Gasteiger partial charge in [0.15, 0.2) is 0 Å². The lowest BCUT2D eigenvalue weighted by Crippen LogP contribution is -2.54. The Morgan fingerprint density at radius 1 is 1.24 bits per heavy atom. The van der Waals surface area contributed by atoms with E-state index in [-0.39, 0.29) is 11.7 Å². The highest BCUT2D eigenvalue weighted by Crippen LogP contribution is 2.41. The lowest BCUT2D eigenvalue weighted by Gasteiger charge is -2.44. The molecule has 0 aromatic carbocycles. The van der Waals surface area contributed by atoms with Crippen molar-refractivity contribution in [1.82, 2.24) is 9.80 Å². The molecule has 0 aliphatic carbocycles. The van der Waals surface area contributed by atoms with Crippen molar-refractivity contribution >= 4 is 6.09 Å². The molecule has 0 radical (unpaired) electrons. The lowest BCUT2D eigenvalue weighted by molar-refractivity contribution is 0.00840. The zero-order valence-electron chi connectivity index (χ0n) is 11.0. The molecule has 0 aromatic rings. The molecule has 4 fully saturated rings. The molecule has 4 bridgehead atoms. The number of nitrogens with zero attached hydrogens (tertiary/aromatic N) is 2. The summed E-state index contributed by atoms with van der Waals surface area (Å²) in [5, 5.41) is 0. The van der Waals surface area contributed by atoms with Gasteiger partial charge in [-0.15, -0.1) is 0 Å². The summed E-state index contributed by atoms with van der Waals surface area (Å²) in [6.45, 7) is 10.2. The molecular weight excluding hydrogens is 216 g/mol. The van der Waals surface area contributed by atoms with Gasteiger partial charge in [0.05, 0.1) is 6.04 Å². The van der Waals surface area contributed by atoms with E-state index >= 15 is 0 Å². The average molecular weight is 238 g/mol. The second-order valence-electron chi connectivity index (χ2n) is 6.67. The second-order valence-corrected chi connectivity index (χ2v) is 6.67. The Bertz CT molecular complexity index is 337. The number of carbonyl (C=O) groups is 1. The van der Waals surface area contributed by atoms with Crippen LogP contribution in [0, 0.1) is 11.8 Å². The molecule has 4 aliphatic rings. The average Bonchev–Trinajstić information content (AvgIpc) is 2.49. The molecule has 4 rings (SSSR count). The lowest BCUT2D eigenvalue weighted by atomic mass is 9.80. The van der Waals surface area contributed by atoms with E-state index in [9.17, 15) is 4.79 Å². The Labute approximate surface area is 103 Å². The maximum Gasteiger partial charge on any atom is 0.410 e. The first-order chi connectivity index (χ1) is 7.94. The van der Waals surface area contributed by atoms with E-state index in [1.165, 1.54) is 19.5 Å². The molecule has 4 aliphatic heterocycles. The predicted molar refractivity (Wildman–Crippen MR) is 64.8 cm³/mol. The largest absolute Gasteiger partial charge is 0.444 e. The SMILES string of the molecule is CC(C)(C)OC(=O)N1C[C@@H]2CN3CCC2[C@@H]1C3. The number of likely N-dealkylation sites (tertiary alicyclic amines) is 1. The molecule has 4 saturated heterocycles. The molecule has 4 heterocycles. The number of rotatable bonds is 0. The van der Waals surface area contributed by atoms with Gasteiger partial charge in [-0.2, -0.15) is 0 Å². The molecule has 17 heavy (non-hydrogen) atoms. The van der Waals surface area contributed by atoms with E-state index in [4.69, 9.17) is 4.74 Å². The fourth-order valence-corrected chi connectivity index (χ4v) is 3.64. The van der Waals surface area contributed by atoms with Gasteiger partial charge >= 0.3 is 6.09 Å². The molecule has 96 valence electrons. The van der Waals surface area contributed by atoms with Gasteiger partial charge in [-0.25, -0.2) is 4.79 Å². The van der Waals surface area contributed by atoms with Crippen LogP contribution in [0.25, 0.3) is 0 Å². The van der Waals surface area contributed by atoms with Crippen molar-refractivity contribution in [2.24, 2.45) is 11.8 Å². The number of ether oxygens (including phenoxy) is 1. The summed E-state index contributed by atoms with van der Waals surface area (Å²) >= 11 is 0. The Morgan fingerprint density at radius 2 is 2.00 bits per heavy atom. The maximum atomic E-state index is 12.2. The second kappa shape index (κ2) is 3.61. The van der Waals surface area contributed by atoms with Gasteiger partial charge in [-0.05, 0) is 45.6 Å². The van der Waals surface area contributed by atoms with Crippen LogP contribution in [0.15, 0.2) is 0 Å². The maximum absolute atomic E-state index is 12.2. The van der Waals surface area contributed by atoms with Gasteiger partial charge in [0.2, 0.25) is 0 Å². The van der Waals surface area contributed by atoms with Crippen LogP contribution in [-0.2, 0) is 4.74 Å². The number of amides is 1. The highest BCUT2D eigenvalue weighted by molar-refractivity contribution is 5.69. The summed E-state index contributed by atoms with van der Waals surface area (Å²) in [5.41, 5.74) is -0.382. The van der Waals surface area contributed by atoms with Crippen LogP contribution < -0.4 is 0 Å². The minimum absolute atomic E-state index is 0.112. The fourth-order valence-electron chi connectivity index (χ4n) is 3.64. The third kappa shape index (κ3) is 1.92. The van der Waals surface area contributed by atoms with E-state index in [0.29, 0.717) is 12.0 Å². The molecule has 4 heteroatoms. The number of carbonyl (C=O) groups excluding carboxylic acids is 1. The van der Waals surface area contributed by atoms with E-state index in [0.717, 1.165) is 19.0 Å². The van der Waals surface area contributed by atoms with Gasteiger partial charge in [0, 0.05) is 19.6 Å². The van der Waals surface area contributed by atoms with Crippen LogP contribution in [0.4, 0.5) is 4.79 Å². The van der Waals surface area contributed by atoms with Crippen molar-refractivity contribution in [3.05, 3.63) is 0 Å². The Hall–Kier alpha value is -0.770. The minimum Gasteiger partial charge on any atom is -0.444 e. The van der Waals surface area contributed by atoms with E-state index in [1.54, 1.807) is 0 Å². The van der Waals surface area contributed by atoms with Crippen molar-refractivity contribution in [3.63, 3.8) is 0 Å². The zero-order chi connectivity index (χ0) is 12.2. The van der Waals surface area contributed by atoms with Gasteiger partial charge in [0.25, 0.3) is 0 Å². The van der Waals surface area contributed by atoms with Crippen LogP contribution in [-0.4, -0.2) is 53.7 Å². The molecular formula is C13H22N2O2. The quantitative estimate of drug-likeness (QED) is 0.642. The molecule has 0 saturated carbocycles. The normalized spacial score (nSPS) is 39.6. The fraction of sp³-hybridized carbons (Fsp3) is 0.923. The molecule has 2 unspecified atom stereocenters. The van der Waals surface area contributed by atoms with Crippen LogP contribution in [0.3, 0.4) is 0 Å². The van der Waals surface area contributed by atoms with Crippen molar-refractivity contribution in [2.75, 3.05) is 26.2 Å². The number of hydrogen-bond acceptors (Lipinski definition) is 3. The molecule has 4 atom stereocenters. The summed E-state index contributed by atoms with van der Waals surface area (Å²) in [4.78, 5) is 16.7. The molecule has 1 amide bonds. The topological polar surface area (TPSA) is 32.8 Å². The van der Waals surface area contributed by atoms with Crippen LogP contribution in [0.1, 0.15) is 27.2 Å². The molecule has 0 N–H and O–H groups in total. The molecule has 0 spiro atoms. The van der Waals surface area contributed by atoms with Crippen LogP contribution in [0.5, 0.6) is 0 Å². The summed E-state index contributed by atoms with van der Waals surface area (Å²) < 4.78 is 5.51. The van der Waals surface area contributed by atoms with Crippen molar-refractivity contribution in [2.45, 2.75) is 38.8 Å². The Morgan fingerprint density at radius 3 is 2.59 bits per heavy atom. The standard InChI is InChI=1S/C13H22N2O2/c1-13(2,3)17-12(16)15-7-9-6-14-5-4-10(9)11(15)8-14/h9-11H,4-8H2,1-3H3/t9-,10?,11-/m0/s1. The minimum atomic E-state index is -0.382. The number of piperidine rings is 3. The van der Waals surface area contributed by atoms with Gasteiger partial charge in [-0.1, -0.05) is 0 Å². The van der Waals surface area contributed by atoms with Crippen molar-refractivity contribution in [1.29, 1.82) is 0 Å². The van der Waals surface area contributed by atoms with E-state index < -0.39 is 0 Å². The third-order valence-electron chi connectivity index (χ3n) is 4.28. The van der Waals surface area contributed by atoms with E-state index in [1.807, 2.05) is 25.7 Å². The third-order valence-corrected chi connectivity index (χ3v) is 4.28. The van der Waals surface area contributed by atoms with Gasteiger partial charge < -0.3 is 14.5 Å². The Balaban J connectivity index is 1.72. The zero-order valence-corrected chi connectivity index (χ0v) is 11.0. The summed E-state index contributed by atoms with van der Waals surface area (Å²) in [6.07, 6.45) is 1.15. The monoisotopic (exact) mass is 238 g/mol. The number of hydrogen-bond donors (Lipinski definition) is 0. The first kappa shape index (κ1) is 11.3. The summed E-state index contributed by atoms with van der Waals surface area (Å²) in [7, 11) is 0. The highest BCUT2D eigenvalue weighted by atomic mass is 16.6. The van der Waals surface area contributed by atoms with Crippen molar-refractivity contribution in [3.8, 4) is 0 Å². The smallest absolute Gasteiger partial charge is 0.410 e. The highest BCUT2D eigenvalue weighted by Gasteiger charge is 2.51. The first-order valence-corrected chi connectivity index (χ1v) is 6.66.